The van der Waals surface area contributed by atoms with E-state index in [1.54, 1.807) is 19.1 Å². The van der Waals surface area contributed by atoms with Gasteiger partial charge in [0.25, 0.3) is 11.5 Å². The number of fused-ring (bicyclic) bond motifs is 1. The summed E-state index contributed by atoms with van der Waals surface area (Å²) in [5, 5.41) is 9.42. The van der Waals surface area contributed by atoms with Gasteiger partial charge < -0.3 is 24.5 Å². The van der Waals surface area contributed by atoms with Crippen LogP contribution in [-0.4, -0.2) is 47.6 Å². The minimum Gasteiger partial charge on any atom is -0.493 e. The van der Waals surface area contributed by atoms with Gasteiger partial charge in [0, 0.05) is 12.2 Å². The maximum atomic E-state index is 13.1. The number of pyridine rings is 1. The number of carboxylic acid groups (broad SMARTS) is 1. The van der Waals surface area contributed by atoms with Crippen LogP contribution in [-0.2, 0) is 11.2 Å². The fourth-order valence-electron chi connectivity index (χ4n) is 3.55. The summed E-state index contributed by atoms with van der Waals surface area (Å²) in [4.78, 5) is 40.9. The second-order valence-corrected chi connectivity index (χ2v) is 6.65. The molecule has 0 saturated heterocycles. The highest BCUT2D eigenvalue weighted by Gasteiger charge is 2.34. The summed E-state index contributed by atoms with van der Waals surface area (Å²) >= 11 is 0. The molecule has 0 unspecified atom stereocenters. The Hall–Kier alpha value is -3.29. The van der Waals surface area contributed by atoms with E-state index in [4.69, 9.17) is 9.47 Å². The van der Waals surface area contributed by atoms with E-state index >= 15 is 0 Å². The Bertz CT molecular complexity index is 981. The van der Waals surface area contributed by atoms with Crippen LogP contribution >= 0.6 is 0 Å². The van der Waals surface area contributed by atoms with E-state index in [-0.39, 0.29) is 12.0 Å². The molecule has 2 aromatic rings. The van der Waals surface area contributed by atoms with Gasteiger partial charge in [-0.3, -0.25) is 14.4 Å². The number of carboxylic acids is 1. The van der Waals surface area contributed by atoms with Gasteiger partial charge in [0.2, 0.25) is 0 Å². The molecule has 1 amide bonds. The van der Waals surface area contributed by atoms with E-state index in [1.807, 2.05) is 6.07 Å². The van der Waals surface area contributed by atoms with Gasteiger partial charge in [-0.25, -0.2) is 0 Å². The van der Waals surface area contributed by atoms with Gasteiger partial charge in [-0.15, -0.1) is 0 Å². The maximum absolute atomic E-state index is 13.1. The van der Waals surface area contributed by atoms with Crippen molar-refractivity contribution in [3.05, 3.63) is 57.0 Å². The molecule has 0 bridgehead atoms. The second-order valence-electron chi connectivity index (χ2n) is 6.65. The molecular formula is C20H22N2O6. The first-order chi connectivity index (χ1) is 13.3. The van der Waals surface area contributed by atoms with E-state index in [1.165, 1.54) is 25.2 Å². The molecule has 8 heteroatoms. The van der Waals surface area contributed by atoms with Crippen LogP contribution in [0.2, 0.25) is 0 Å². The number of aliphatic carboxylic acids is 1. The number of carbonyl (C=O) groups excluding carboxylic acids is 1. The van der Waals surface area contributed by atoms with E-state index in [0.29, 0.717) is 35.7 Å². The van der Waals surface area contributed by atoms with Crippen molar-refractivity contribution in [1.29, 1.82) is 0 Å². The summed E-state index contributed by atoms with van der Waals surface area (Å²) in [5.74, 6) is -0.527. The lowest BCUT2D eigenvalue weighted by Crippen LogP contribution is -2.42. The average Bonchev–Trinajstić information content (AvgIpc) is 2.66. The highest BCUT2D eigenvalue weighted by Crippen LogP contribution is 2.39. The van der Waals surface area contributed by atoms with E-state index in [9.17, 15) is 19.5 Å². The zero-order chi connectivity index (χ0) is 20.4. The average molecular weight is 386 g/mol. The summed E-state index contributed by atoms with van der Waals surface area (Å²) in [6.07, 6.45) is 0.235. The van der Waals surface area contributed by atoms with Crippen molar-refractivity contribution in [3.8, 4) is 11.5 Å². The SMILES string of the molecule is COc1cc2c(cc1OC)[C@H](CC(=O)O)N(C(=O)c1ccc(C)[nH]c1=O)CC2. The molecule has 3 rings (SSSR count). The van der Waals surface area contributed by atoms with Crippen molar-refractivity contribution in [1.82, 2.24) is 9.88 Å². The molecule has 2 heterocycles. The lowest BCUT2D eigenvalue weighted by atomic mass is 9.89. The van der Waals surface area contributed by atoms with Crippen LogP contribution in [0.5, 0.6) is 11.5 Å². The smallest absolute Gasteiger partial charge is 0.305 e. The maximum Gasteiger partial charge on any atom is 0.305 e. The molecule has 1 aromatic heterocycles. The topological polar surface area (TPSA) is 109 Å². The second kappa shape index (κ2) is 7.75. The van der Waals surface area contributed by atoms with Crippen LogP contribution in [0.15, 0.2) is 29.1 Å². The van der Waals surface area contributed by atoms with Gasteiger partial charge in [-0.05, 0) is 48.7 Å². The number of hydrogen-bond acceptors (Lipinski definition) is 5. The zero-order valence-electron chi connectivity index (χ0n) is 15.9. The van der Waals surface area contributed by atoms with Gasteiger partial charge in [0.15, 0.2) is 11.5 Å². The first-order valence-corrected chi connectivity index (χ1v) is 8.83. The quantitative estimate of drug-likeness (QED) is 0.813. The van der Waals surface area contributed by atoms with Crippen molar-refractivity contribution in [2.24, 2.45) is 0 Å². The minimum absolute atomic E-state index is 0.00934. The number of hydrogen-bond donors (Lipinski definition) is 2. The molecule has 0 spiro atoms. The Kier molecular flexibility index (Phi) is 5.39. The first kappa shape index (κ1) is 19.5. The number of aromatic amines is 1. The number of amides is 1. The lowest BCUT2D eigenvalue weighted by molar-refractivity contribution is -0.138. The Morgan fingerprint density at radius 3 is 2.50 bits per heavy atom. The Balaban J connectivity index is 2.07. The molecule has 0 aliphatic carbocycles. The number of benzene rings is 1. The monoisotopic (exact) mass is 386 g/mol. The van der Waals surface area contributed by atoms with Crippen molar-refractivity contribution in [2.45, 2.75) is 25.8 Å². The predicted molar refractivity (Wildman–Crippen MR) is 101 cm³/mol. The Labute approximate surface area is 161 Å². The summed E-state index contributed by atoms with van der Waals surface area (Å²) in [6, 6.07) is 5.92. The van der Waals surface area contributed by atoms with Gasteiger partial charge in [-0.1, -0.05) is 0 Å². The number of aromatic nitrogens is 1. The van der Waals surface area contributed by atoms with Crippen LogP contribution in [0.3, 0.4) is 0 Å². The van der Waals surface area contributed by atoms with Crippen LogP contribution < -0.4 is 15.0 Å². The van der Waals surface area contributed by atoms with Crippen molar-refractivity contribution in [2.75, 3.05) is 20.8 Å². The standard InChI is InChI=1S/C20H22N2O6/c1-11-4-5-13(19(25)21-11)20(26)22-7-6-12-8-16(27-2)17(28-3)9-14(12)15(22)10-18(23)24/h4-5,8-9,15H,6-7,10H2,1-3H3,(H,21,25)(H,23,24)/t15-/m0/s1. The fourth-order valence-corrected chi connectivity index (χ4v) is 3.55. The summed E-state index contributed by atoms with van der Waals surface area (Å²) in [7, 11) is 3.02. The molecule has 0 radical (unpaired) electrons. The van der Waals surface area contributed by atoms with Crippen LogP contribution in [0.4, 0.5) is 0 Å². The van der Waals surface area contributed by atoms with E-state index < -0.39 is 23.5 Å². The van der Waals surface area contributed by atoms with Crippen molar-refractivity contribution in [3.63, 3.8) is 0 Å². The molecule has 1 atom stereocenters. The Morgan fingerprint density at radius 1 is 1.21 bits per heavy atom. The third-order valence-corrected chi connectivity index (χ3v) is 4.92. The molecule has 1 aliphatic rings. The predicted octanol–water partition coefficient (Wildman–Crippen LogP) is 1.91. The van der Waals surface area contributed by atoms with E-state index in [2.05, 4.69) is 4.98 Å². The summed E-state index contributed by atoms with van der Waals surface area (Å²) in [6.45, 7) is 2.02. The number of nitrogens with one attached hydrogen (secondary N) is 1. The zero-order valence-corrected chi connectivity index (χ0v) is 15.9. The largest absolute Gasteiger partial charge is 0.493 e. The lowest BCUT2D eigenvalue weighted by Gasteiger charge is -2.37. The van der Waals surface area contributed by atoms with Gasteiger partial charge in [0.1, 0.15) is 5.56 Å². The third-order valence-electron chi connectivity index (χ3n) is 4.92. The number of aryl methyl sites for hydroxylation is 1. The molecule has 148 valence electrons. The molecule has 0 saturated carbocycles. The van der Waals surface area contributed by atoms with Crippen LogP contribution in [0.1, 0.15) is 39.6 Å². The highest BCUT2D eigenvalue weighted by atomic mass is 16.5. The normalized spacial score (nSPS) is 15.7. The molecule has 8 nitrogen and oxygen atoms in total. The van der Waals surface area contributed by atoms with E-state index in [0.717, 1.165) is 5.56 Å². The highest BCUT2D eigenvalue weighted by molar-refractivity contribution is 5.94. The number of carbonyl (C=O) groups is 2. The number of rotatable bonds is 5. The molecule has 1 aliphatic heterocycles. The van der Waals surface area contributed by atoms with Crippen molar-refractivity contribution >= 4 is 11.9 Å². The molecule has 0 fully saturated rings. The molecular weight excluding hydrogens is 364 g/mol. The minimum atomic E-state index is -1.04. The number of nitrogens with zero attached hydrogens (tertiary/aromatic N) is 1. The molecule has 28 heavy (non-hydrogen) atoms. The molecule has 1 aromatic carbocycles. The van der Waals surface area contributed by atoms with Crippen LogP contribution in [0, 0.1) is 6.92 Å². The summed E-state index contributed by atoms with van der Waals surface area (Å²) in [5.41, 5.74) is 1.72. The number of methoxy groups -OCH3 is 2. The van der Waals surface area contributed by atoms with Gasteiger partial charge >= 0.3 is 5.97 Å². The fraction of sp³-hybridized carbons (Fsp3) is 0.350. The summed E-state index contributed by atoms with van der Waals surface area (Å²) < 4.78 is 10.7. The van der Waals surface area contributed by atoms with Gasteiger partial charge in [-0.2, -0.15) is 0 Å². The first-order valence-electron chi connectivity index (χ1n) is 8.83. The third kappa shape index (κ3) is 3.58. The van der Waals surface area contributed by atoms with Crippen LogP contribution in [0.25, 0.3) is 0 Å². The van der Waals surface area contributed by atoms with Crippen molar-refractivity contribution < 1.29 is 24.2 Å². The Morgan fingerprint density at radius 2 is 1.89 bits per heavy atom. The van der Waals surface area contributed by atoms with Gasteiger partial charge in [0.05, 0.1) is 26.7 Å². The number of ether oxygens (including phenoxy) is 2. The number of H-pyrrole nitrogens is 1. The molecule has 2 N–H and O–H groups in total.